The van der Waals surface area contributed by atoms with Gasteiger partial charge in [-0.15, -0.1) is 0 Å². The van der Waals surface area contributed by atoms with Crippen molar-refractivity contribution in [2.24, 2.45) is 5.92 Å². The molecule has 0 aliphatic carbocycles. The molecule has 0 saturated carbocycles. The SMILES string of the molecule is CN(Cc1ccccc1)CC(O)CC(Cc1cccc2ccccc12)C(=O)OC(C)(C)C. The van der Waals surface area contributed by atoms with Crippen molar-refractivity contribution in [3.63, 3.8) is 0 Å². The van der Waals surface area contributed by atoms with Gasteiger partial charge < -0.3 is 9.84 Å². The first-order valence-electron chi connectivity index (χ1n) is 11.3. The van der Waals surface area contributed by atoms with E-state index in [2.05, 4.69) is 41.3 Å². The minimum Gasteiger partial charge on any atom is -0.460 e. The molecule has 0 heterocycles. The molecule has 2 atom stereocenters. The number of esters is 1. The first-order chi connectivity index (χ1) is 15.2. The van der Waals surface area contributed by atoms with E-state index in [0.29, 0.717) is 19.4 Å². The summed E-state index contributed by atoms with van der Waals surface area (Å²) in [6.07, 6.45) is 0.267. The zero-order valence-electron chi connectivity index (χ0n) is 19.6. The molecule has 0 saturated heterocycles. The largest absolute Gasteiger partial charge is 0.460 e. The van der Waals surface area contributed by atoms with Gasteiger partial charge in [-0.3, -0.25) is 9.69 Å². The molecular formula is C28H35NO3. The fourth-order valence-corrected chi connectivity index (χ4v) is 4.11. The number of hydrogen-bond donors (Lipinski definition) is 1. The van der Waals surface area contributed by atoms with Crippen LogP contribution in [0.1, 0.15) is 38.3 Å². The molecule has 0 spiro atoms. The van der Waals surface area contributed by atoms with Crippen LogP contribution in [0.25, 0.3) is 10.8 Å². The lowest BCUT2D eigenvalue weighted by Gasteiger charge is -2.27. The molecule has 4 nitrogen and oxygen atoms in total. The lowest BCUT2D eigenvalue weighted by molar-refractivity contribution is -0.161. The van der Waals surface area contributed by atoms with Crippen LogP contribution in [0.2, 0.25) is 0 Å². The number of carbonyl (C=O) groups is 1. The molecule has 3 rings (SSSR count). The summed E-state index contributed by atoms with van der Waals surface area (Å²) >= 11 is 0. The van der Waals surface area contributed by atoms with Crippen molar-refractivity contribution >= 4 is 16.7 Å². The average molecular weight is 434 g/mol. The first kappa shape index (κ1) is 24.0. The lowest BCUT2D eigenvalue weighted by Crippen LogP contribution is -2.35. The summed E-state index contributed by atoms with van der Waals surface area (Å²) in [5.74, 6) is -0.671. The molecule has 2 unspecified atom stereocenters. The summed E-state index contributed by atoms with van der Waals surface area (Å²) in [6.45, 7) is 6.87. The summed E-state index contributed by atoms with van der Waals surface area (Å²) in [5.41, 5.74) is 1.73. The van der Waals surface area contributed by atoms with E-state index in [0.717, 1.165) is 22.9 Å². The second-order valence-corrected chi connectivity index (χ2v) is 9.64. The molecule has 4 heteroatoms. The standard InChI is InChI=1S/C28H35NO3/c1-28(2,3)32-27(31)24(17-23-15-10-14-22-13-8-9-16-26(22)23)18-25(30)20-29(4)19-21-11-6-5-7-12-21/h5-16,24-25,30H,17-20H2,1-4H3. The number of benzene rings is 3. The highest BCUT2D eigenvalue weighted by atomic mass is 16.6. The Bertz CT molecular complexity index is 1000. The van der Waals surface area contributed by atoms with Crippen molar-refractivity contribution in [3.05, 3.63) is 83.9 Å². The predicted molar refractivity (Wildman–Crippen MR) is 130 cm³/mol. The number of nitrogens with zero attached hydrogens (tertiary/aromatic N) is 1. The predicted octanol–water partition coefficient (Wildman–Crippen LogP) is 5.22. The number of aliphatic hydroxyl groups excluding tert-OH is 1. The van der Waals surface area contributed by atoms with Crippen molar-refractivity contribution in [2.45, 2.75) is 51.9 Å². The van der Waals surface area contributed by atoms with E-state index in [9.17, 15) is 9.90 Å². The van der Waals surface area contributed by atoms with E-state index in [4.69, 9.17) is 4.74 Å². The van der Waals surface area contributed by atoms with E-state index in [1.54, 1.807) is 0 Å². The average Bonchev–Trinajstić information content (AvgIpc) is 2.73. The Kier molecular flexibility index (Phi) is 8.05. The van der Waals surface area contributed by atoms with Gasteiger partial charge in [-0.25, -0.2) is 0 Å². The maximum atomic E-state index is 13.1. The molecule has 0 amide bonds. The number of hydrogen-bond acceptors (Lipinski definition) is 4. The third-order valence-corrected chi connectivity index (χ3v) is 5.46. The number of carbonyl (C=O) groups excluding carboxylic acids is 1. The number of ether oxygens (including phenoxy) is 1. The minimum absolute atomic E-state index is 0.254. The zero-order chi connectivity index (χ0) is 23.1. The molecule has 170 valence electrons. The summed E-state index contributed by atoms with van der Waals surface area (Å²) in [4.78, 5) is 15.2. The molecule has 3 aromatic rings. The molecule has 0 aliphatic heterocycles. The fraction of sp³-hybridized carbons (Fsp3) is 0.393. The Hall–Kier alpha value is -2.69. The van der Waals surface area contributed by atoms with Crippen LogP contribution in [-0.4, -0.2) is 41.3 Å². The van der Waals surface area contributed by atoms with Gasteiger partial charge in [0, 0.05) is 13.1 Å². The lowest BCUT2D eigenvalue weighted by atomic mass is 9.90. The summed E-state index contributed by atoms with van der Waals surface area (Å²) in [5, 5.41) is 13.1. The van der Waals surface area contributed by atoms with Crippen LogP contribution in [0.4, 0.5) is 0 Å². The molecular weight excluding hydrogens is 398 g/mol. The van der Waals surface area contributed by atoms with Gasteiger partial charge in [-0.1, -0.05) is 72.8 Å². The highest BCUT2D eigenvalue weighted by molar-refractivity contribution is 5.86. The number of rotatable bonds is 9. The summed E-state index contributed by atoms with van der Waals surface area (Å²) in [6, 6.07) is 24.5. The topological polar surface area (TPSA) is 49.8 Å². The molecule has 1 N–H and O–H groups in total. The zero-order valence-corrected chi connectivity index (χ0v) is 19.6. The van der Waals surface area contributed by atoms with Gasteiger partial charge in [0.1, 0.15) is 5.60 Å². The normalized spacial score (nSPS) is 13.8. The van der Waals surface area contributed by atoms with E-state index < -0.39 is 17.6 Å². The van der Waals surface area contributed by atoms with Crippen LogP contribution in [-0.2, 0) is 22.5 Å². The van der Waals surface area contributed by atoms with Gasteiger partial charge in [0.05, 0.1) is 12.0 Å². The van der Waals surface area contributed by atoms with Crippen LogP contribution in [0.5, 0.6) is 0 Å². The van der Waals surface area contributed by atoms with Crippen LogP contribution in [0.3, 0.4) is 0 Å². The number of fused-ring (bicyclic) bond motifs is 1. The maximum absolute atomic E-state index is 13.1. The highest BCUT2D eigenvalue weighted by Crippen LogP contribution is 2.25. The van der Waals surface area contributed by atoms with Crippen molar-refractivity contribution < 1.29 is 14.6 Å². The summed E-state index contributed by atoms with van der Waals surface area (Å²) in [7, 11) is 1.99. The Morgan fingerprint density at radius 2 is 1.62 bits per heavy atom. The third-order valence-electron chi connectivity index (χ3n) is 5.46. The molecule has 32 heavy (non-hydrogen) atoms. The van der Waals surface area contributed by atoms with Gasteiger partial charge in [0.15, 0.2) is 0 Å². The van der Waals surface area contributed by atoms with Crippen LogP contribution >= 0.6 is 0 Å². The van der Waals surface area contributed by atoms with Gasteiger partial charge in [-0.05, 0) is 62.6 Å². The van der Waals surface area contributed by atoms with Crippen molar-refractivity contribution in [2.75, 3.05) is 13.6 Å². The van der Waals surface area contributed by atoms with Gasteiger partial charge in [-0.2, -0.15) is 0 Å². The van der Waals surface area contributed by atoms with Crippen LogP contribution in [0.15, 0.2) is 72.8 Å². The number of aliphatic hydroxyl groups is 1. The summed E-state index contributed by atoms with van der Waals surface area (Å²) < 4.78 is 5.72. The van der Waals surface area contributed by atoms with Gasteiger partial charge in [0.25, 0.3) is 0 Å². The molecule has 3 aromatic carbocycles. The molecule has 0 fully saturated rings. The fourth-order valence-electron chi connectivity index (χ4n) is 4.11. The van der Waals surface area contributed by atoms with E-state index in [1.165, 1.54) is 5.56 Å². The number of likely N-dealkylation sites (N-methyl/N-ethyl adjacent to an activating group) is 1. The van der Waals surface area contributed by atoms with E-state index >= 15 is 0 Å². The minimum atomic E-state index is -0.629. The van der Waals surface area contributed by atoms with Crippen molar-refractivity contribution in [3.8, 4) is 0 Å². The quantitative estimate of drug-likeness (QED) is 0.470. The Labute approximate surface area is 191 Å². The Balaban J connectivity index is 1.72. The molecule has 0 aromatic heterocycles. The van der Waals surface area contributed by atoms with Gasteiger partial charge >= 0.3 is 5.97 Å². The van der Waals surface area contributed by atoms with E-state index in [1.807, 2.05) is 64.2 Å². The van der Waals surface area contributed by atoms with Gasteiger partial charge in [0.2, 0.25) is 0 Å². The highest BCUT2D eigenvalue weighted by Gasteiger charge is 2.28. The van der Waals surface area contributed by atoms with Crippen molar-refractivity contribution in [1.82, 2.24) is 4.90 Å². The van der Waals surface area contributed by atoms with Crippen molar-refractivity contribution in [1.29, 1.82) is 0 Å². The second kappa shape index (κ2) is 10.8. The Morgan fingerprint density at radius 3 is 2.34 bits per heavy atom. The first-order valence-corrected chi connectivity index (χ1v) is 11.3. The maximum Gasteiger partial charge on any atom is 0.309 e. The van der Waals surface area contributed by atoms with E-state index in [-0.39, 0.29) is 5.97 Å². The third kappa shape index (κ3) is 7.18. The molecule has 0 radical (unpaired) electrons. The van der Waals surface area contributed by atoms with Crippen LogP contribution < -0.4 is 0 Å². The molecule has 0 bridgehead atoms. The monoisotopic (exact) mass is 433 g/mol. The second-order valence-electron chi connectivity index (χ2n) is 9.64. The molecule has 0 aliphatic rings. The van der Waals surface area contributed by atoms with Crippen LogP contribution in [0, 0.1) is 5.92 Å². The Morgan fingerprint density at radius 1 is 0.969 bits per heavy atom. The smallest absolute Gasteiger partial charge is 0.309 e.